The minimum atomic E-state index is -3.98. The van der Waals surface area contributed by atoms with E-state index in [2.05, 4.69) is 4.98 Å². The van der Waals surface area contributed by atoms with Gasteiger partial charge < -0.3 is 14.6 Å². The van der Waals surface area contributed by atoms with Crippen LogP contribution < -0.4 is 13.4 Å². The molecular formula is C13H22N3O6S2+. The fraction of sp³-hybridized carbons (Fsp3) is 0.615. The molecule has 1 heterocycles. The highest BCUT2D eigenvalue weighted by molar-refractivity contribution is 8.00. The van der Waals surface area contributed by atoms with Crippen LogP contribution in [0.4, 0.5) is 0 Å². The molecule has 0 aliphatic heterocycles. The molecule has 0 amide bonds. The number of carbonyl (C=O) groups is 1. The number of hydrogen-bond donors (Lipinski definition) is 1. The molecule has 0 spiro atoms. The zero-order valence-corrected chi connectivity index (χ0v) is 16.0. The number of rotatable bonds is 8. The SMILES string of the molecule is COc1cc(OC)[n+](S(=O)(=O)N(C)C)c(SC(C(=O)O)C(C)C)n1. The molecule has 1 aromatic rings. The molecule has 0 saturated heterocycles. The number of carboxylic acid groups (broad SMARTS) is 1. The van der Waals surface area contributed by atoms with Gasteiger partial charge in [0.1, 0.15) is 11.3 Å². The third-order valence-corrected chi connectivity index (χ3v) is 6.36. The molecule has 1 N–H and O–H groups in total. The van der Waals surface area contributed by atoms with Gasteiger partial charge in [-0.2, -0.15) is 12.7 Å². The van der Waals surface area contributed by atoms with Crippen LogP contribution >= 0.6 is 11.8 Å². The molecule has 0 fully saturated rings. The van der Waals surface area contributed by atoms with Crippen molar-refractivity contribution < 1.29 is 31.8 Å². The van der Waals surface area contributed by atoms with Crippen LogP contribution in [0, 0.1) is 5.92 Å². The van der Waals surface area contributed by atoms with E-state index < -0.39 is 21.4 Å². The highest BCUT2D eigenvalue weighted by Gasteiger charge is 2.38. The largest absolute Gasteiger partial charge is 0.480 e. The first-order chi connectivity index (χ1) is 11.1. The fourth-order valence-corrected chi connectivity index (χ4v) is 3.97. The smallest absolute Gasteiger partial charge is 0.383 e. The number of carboxylic acids is 1. The standard InChI is InChI=1S/C13H21N3O6S2/c1-8(2)11(12(17)18)23-13-14-9(21-5)7-10(22-6)16(13)24(19,20)15(3)4/h7-8,11H,1-6H3/p+1. The van der Waals surface area contributed by atoms with Gasteiger partial charge in [-0.15, -0.1) is 0 Å². The maximum atomic E-state index is 12.6. The molecule has 1 rings (SSSR count). The topological polar surface area (TPSA) is 110 Å². The van der Waals surface area contributed by atoms with Gasteiger partial charge >= 0.3 is 33.1 Å². The van der Waals surface area contributed by atoms with Crippen LogP contribution in [0.3, 0.4) is 0 Å². The van der Waals surface area contributed by atoms with Gasteiger partial charge in [0, 0.05) is 19.1 Å². The van der Waals surface area contributed by atoms with E-state index in [0.29, 0.717) is 0 Å². The van der Waals surface area contributed by atoms with E-state index in [1.54, 1.807) is 13.8 Å². The molecule has 24 heavy (non-hydrogen) atoms. The van der Waals surface area contributed by atoms with Crippen molar-refractivity contribution >= 4 is 27.9 Å². The van der Waals surface area contributed by atoms with E-state index in [-0.39, 0.29) is 22.8 Å². The van der Waals surface area contributed by atoms with Crippen LogP contribution in [0.1, 0.15) is 13.8 Å². The van der Waals surface area contributed by atoms with Crippen LogP contribution in [0.25, 0.3) is 0 Å². The quantitative estimate of drug-likeness (QED) is 0.388. The third-order valence-electron chi connectivity index (χ3n) is 3.02. The van der Waals surface area contributed by atoms with Gasteiger partial charge in [0.05, 0.1) is 14.2 Å². The average molecular weight is 380 g/mol. The third kappa shape index (κ3) is 4.28. The van der Waals surface area contributed by atoms with Gasteiger partial charge in [-0.3, -0.25) is 4.79 Å². The predicted molar refractivity (Wildman–Crippen MR) is 87.7 cm³/mol. The molecule has 0 bridgehead atoms. The van der Waals surface area contributed by atoms with E-state index in [4.69, 9.17) is 9.47 Å². The molecule has 1 aromatic heterocycles. The molecule has 136 valence electrons. The lowest BCUT2D eigenvalue weighted by Crippen LogP contribution is -2.53. The molecule has 0 radical (unpaired) electrons. The van der Waals surface area contributed by atoms with Crippen LogP contribution in [0.15, 0.2) is 11.2 Å². The molecule has 11 heteroatoms. The maximum absolute atomic E-state index is 12.6. The first-order valence-corrected chi connectivity index (χ1v) is 9.21. The van der Waals surface area contributed by atoms with Crippen LogP contribution in [-0.2, 0) is 15.0 Å². The van der Waals surface area contributed by atoms with E-state index >= 15 is 0 Å². The van der Waals surface area contributed by atoms with Crippen molar-refractivity contribution in [1.29, 1.82) is 0 Å². The molecule has 0 saturated carbocycles. The second kappa shape index (κ2) is 7.99. The van der Waals surface area contributed by atoms with Gasteiger partial charge in [0.2, 0.25) is 0 Å². The summed E-state index contributed by atoms with van der Waals surface area (Å²) in [5.74, 6) is -1.23. The van der Waals surface area contributed by atoms with Crippen LogP contribution in [0.5, 0.6) is 11.8 Å². The van der Waals surface area contributed by atoms with E-state index in [1.165, 1.54) is 34.4 Å². The Morgan fingerprint density at radius 1 is 1.33 bits per heavy atom. The van der Waals surface area contributed by atoms with Crippen molar-refractivity contribution in [2.75, 3.05) is 28.3 Å². The predicted octanol–water partition coefficient (Wildman–Crippen LogP) is 0.242. The molecular weight excluding hydrogens is 358 g/mol. The van der Waals surface area contributed by atoms with Crippen molar-refractivity contribution in [2.45, 2.75) is 24.3 Å². The average Bonchev–Trinajstić information content (AvgIpc) is 2.50. The summed E-state index contributed by atoms with van der Waals surface area (Å²) >= 11 is 0.821. The van der Waals surface area contributed by atoms with Crippen molar-refractivity contribution in [3.05, 3.63) is 6.07 Å². The monoisotopic (exact) mass is 380 g/mol. The summed E-state index contributed by atoms with van der Waals surface area (Å²) in [7, 11) is 1.42. The summed E-state index contributed by atoms with van der Waals surface area (Å²) in [6.45, 7) is 3.46. The van der Waals surface area contributed by atoms with Gasteiger partial charge in [-0.1, -0.05) is 17.8 Å². The van der Waals surface area contributed by atoms with Crippen molar-refractivity contribution in [2.24, 2.45) is 5.92 Å². The summed E-state index contributed by atoms with van der Waals surface area (Å²) in [5.41, 5.74) is 0. The van der Waals surface area contributed by atoms with Gasteiger partial charge in [0.25, 0.3) is 0 Å². The lowest BCUT2D eigenvalue weighted by molar-refractivity contribution is -0.572. The number of aromatic nitrogens is 2. The highest BCUT2D eigenvalue weighted by Crippen LogP contribution is 2.28. The molecule has 0 aliphatic rings. The first kappa shape index (κ1) is 20.5. The number of aliphatic carboxylic acids is 1. The molecule has 0 aromatic carbocycles. The zero-order chi connectivity index (χ0) is 18.7. The minimum absolute atomic E-state index is 0.0362. The Labute approximate surface area is 145 Å². The number of thioether (sulfide) groups is 1. The number of nitrogens with zero attached hydrogens (tertiary/aromatic N) is 3. The van der Waals surface area contributed by atoms with Crippen LogP contribution in [-0.4, -0.2) is 62.3 Å². The summed E-state index contributed by atoms with van der Waals surface area (Å²) in [6.07, 6.45) is 0. The van der Waals surface area contributed by atoms with Crippen molar-refractivity contribution in [3.63, 3.8) is 0 Å². The molecule has 1 atom stereocenters. The molecule has 9 nitrogen and oxygen atoms in total. The lowest BCUT2D eigenvalue weighted by atomic mass is 10.1. The van der Waals surface area contributed by atoms with Gasteiger partial charge in [-0.05, 0) is 17.7 Å². The van der Waals surface area contributed by atoms with Crippen molar-refractivity contribution in [3.8, 4) is 11.8 Å². The molecule has 0 aliphatic carbocycles. The van der Waals surface area contributed by atoms with Crippen molar-refractivity contribution in [1.82, 2.24) is 9.29 Å². The van der Waals surface area contributed by atoms with Gasteiger partial charge in [0.15, 0.2) is 0 Å². The van der Waals surface area contributed by atoms with E-state index in [9.17, 15) is 18.3 Å². The Morgan fingerprint density at radius 2 is 1.92 bits per heavy atom. The Bertz CT molecular complexity index is 706. The highest BCUT2D eigenvalue weighted by atomic mass is 32.2. The molecule has 1 unspecified atom stereocenters. The maximum Gasteiger partial charge on any atom is 0.383 e. The lowest BCUT2D eigenvalue weighted by Gasteiger charge is -2.16. The summed E-state index contributed by atoms with van der Waals surface area (Å²) in [6, 6.07) is 1.32. The zero-order valence-electron chi connectivity index (χ0n) is 14.4. The van der Waals surface area contributed by atoms with Crippen LogP contribution in [0.2, 0.25) is 0 Å². The normalized spacial score (nSPS) is 13.2. The summed E-state index contributed by atoms with van der Waals surface area (Å²) < 4.78 is 37.3. The van der Waals surface area contributed by atoms with E-state index in [0.717, 1.165) is 20.0 Å². The fourth-order valence-electron chi connectivity index (χ4n) is 1.71. The second-order valence-corrected chi connectivity index (χ2v) is 8.40. The second-order valence-electron chi connectivity index (χ2n) is 5.30. The summed E-state index contributed by atoms with van der Waals surface area (Å²) in [4.78, 5) is 15.6. The number of hydrogen-bond acceptors (Lipinski definition) is 7. The first-order valence-electron chi connectivity index (χ1n) is 6.93. The van der Waals surface area contributed by atoms with Gasteiger partial charge in [-0.25, -0.2) is 0 Å². The number of ether oxygens (including phenoxy) is 2. The van der Waals surface area contributed by atoms with E-state index in [1.807, 2.05) is 0 Å². The Kier molecular flexibility index (Phi) is 6.81. The number of methoxy groups -OCH3 is 2. The Hall–Kier alpha value is -1.59. The Balaban J connectivity index is 3.64. The Morgan fingerprint density at radius 3 is 2.29 bits per heavy atom. The summed E-state index contributed by atoms with van der Waals surface area (Å²) in [5, 5.41) is 8.44. The minimum Gasteiger partial charge on any atom is -0.480 e.